The van der Waals surface area contributed by atoms with Gasteiger partial charge in [0.25, 0.3) is 0 Å². The van der Waals surface area contributed by atoms with Crippen molar-refractivity contribution in [1.82, 2.24) is 14.9 Å². The van der Waals surface area contributed by atoms with Crippen LogP contribution in [0.2, 0.25) is 0 Å². The molecule has 0 spiro atoms. The number of likely N-dealkylation sites (tertiary alicyclic amines) is 1. The Morgan fingerprint density at radius 1 is 1.22 bits per heavy atom. The van der Waals surface area contributed by atoms with Gasteiger partial charge in [-0.05, 0) is 37.5 Å². The van der Waals surface area contributed by atoms with Crippen molar-refractivity contribution in [2.75, 3.05) is 39.0 Å². The summed E-state index contributed by atoms with van der Waals surface area (Å²) in [6.07, 6.45) is 5.88. The van der Waals surface area contributed by atoms with E-state index >= 15 is 0 Å². The maximum absolute atomic E-state index is 12.0. The van der Waals surface area contributed by atoms with E-state index in [4.69, 9.17) is 0 Å². The van der Waals surface area contributed by atoms with E-state index in [-0.39, 0.29) is 29.7 Å². The number of sulfonamides is 1. The third-order valence-electron chi connectivity index (χ3n) is 4.77. The van der Waals surface area contributed by atoms with Gasteiger partial charge in [0.1, 0.15) is 0 Å². The van der Waals surface area contributed by atoms with Crippen LogP contribution in [0, 0.1) is 11.8 Å². The second-order valence-corrected chi connectivity index (χ2v) is 8.53. The summed E-state index contributed by atoms with van der Waals surface area (Å²) in [7, 11) is -1.43. The number of halogens is 1. The summed E-state index contributed by atoms with van der Waals surface area (Å²) in [5.74, 6) is 2.24. The first-order chi connectivity index (χ1) is 10.5. The Morgan fingerprint density at radius 2 is 1.87 bits per heavy atom. The second kappa shape index (κ2) is 10.0. The predicted molar refractivity (Wildman–Crippen MR) is 106 cm³/mol. The third kappa shape index (κ3) is 7.13. The maximum atomic E-state index is 12.0. The fourth-order valence-electron chi connectivity index (χ4n) is 2.86. The van der Waals surface area contributed by atoms with E-state index < -0.39 is 10.0 Å². The minimum absolute atomic E-state index is 0. The molecule has 0 aromatic rings. The van der Waals surface area contributed by atoms with Crippen LogP contribution in [0.25, 0.3) is 0 Å². The summed E-state index contributed by atoms with van der Waals surface area (Å²) in [4.78, 5) is 6.49. The van der Waals surface area contributed by atoms with E-state index in [1.165, 1.54) is 19.3 Å². The average molecular weight is 458 g/mol. The van der Waals surface area contributed by atoms with Crippen LogP contribution in [0.4, 0.5) is 0 Å². The number of rotatable bonds is 6. The van der Waals surface area contributed by atoms with Crippen LogP contribution >= 0.6 is 24.0 Å². The number of aliphatic imine (C=N–C) groups is 1. The zero-order valence-corrected chi connectivity index (χ0v) is 17.4. The summed E-state index contributed by atoms with van der Waals surface area (Å²) in [5, 5.41) is 3.18. The van der Waals surface area contributed by atoms with Gasteiger partial charge in [0.2, 0.25) is 10.0 Å². The normalized spacial score (nSPS) is 20.8. The first kappa shape index (κ1) is 21.0. The van der Waals surface area contributed by atoms with Gasteiger partial charge in [-0.2, -0.15) is 0 Å². The first-order valence-corrected chi connectivity index (χ1v) is 10.1. The molecule has 0 atom stereocenters. The number of nitrogens with one attached hydrogen (secondary N) is 2. The third-order valence-corrected chi connectivity index (χ3v) is 6.11. The molecule has 8 heteroatoms. The quantitative estimate of drug-likeness (QED) is 0.361. The van der Waals surface area contributed by atoms with E-state index in [0.717, 1.165) is 37.8 Å². The summed E-state index contributed by atoms with van der Waals surface area (Å²) >= 11 is 0. The molecule has 23 heavy (non-hydrogen) atoms. The van der Waals surface area contributed by atoms with Gasteiger partial charge in [-0.25, -0.2) is 13.1 Å². The van der Waals surface area contributed by atoms with Crippen molar-refractivity contribution in [2.45, 2.75) is 39.0 Å². The summed E-state index contributed by atoms with van der Waals surface area (Å²) in [6.45, 7) is 5.26. The van der Waals surface area contributed by atoms with Gasteiger partial charge in [0, 0.05) is 33.2 Å². The number of nitrogens with zero attached hydrogens (tertiary/aromatic N) is 2. The lowest BCUT2D eigenvalue weighted by Gasteiger charge is -2.32. The van der Waals surface area contributed by atoms with Crippen molar-refractivity contribution in [3.8, 4) is 0 Å². The molecule has 2 aliphatic rings. The van der Waals surface area contributed by atoms with Gasteiger partial charge in [0.15, 0.2) is 5.96 Å². The highest BCUT2D eigenvalue weighted by Gasteiger charge is 2.21. The fraction of sp³-hybridized carbons (Fsp3) is 0.933. The molecule has 0 radical (unpaired) electrons. The standard InChI is InChI=1S/C15H30N4O2S.HI/c1-13-6-9-19(10-7-13)15(16-2)17-8-11-22(20,21)18-12-14-4-3-5-14;/h13-14,18H,3-12H2,1-2H3,(H,16,17);1H. The van der Waals surface area contributed by atoms with Gasteiger partial charge < -0.3 is 10.2 Å². The van der Waals surface area contributed by atoms with Crippen LogP contribution in [0.15, 0.2) is 4.99 Å². The zero-order chi connectivity index (χ0) is 16.0. The van der Waals surface area contributed by atoms with Gasteiger partial charge >= 0.3 is 0 Å². The van der Waals surface area contributed by atoms with Crippen LogP contribution in [0.3, 0.4) is 0 Å². The molecule has 1 aliphatic carbocycles. The molecule has 1 aliphatic heterocycles. The monoisotopic (exact) mass is 458 g/mol. The predicted octanol–water partition coefficient (Wildman–Crippen LogP) is 1.63. The van der Waals surface area contributed by atoms with Crippen LogP contribution in [-0.2, 0) is 10.0 Å². The Kier molecular flexibility index (Phi) is 9.13. The highest BCUT2D eigenvalue weighted by molar-refractivity contribution is 14.0. The Balaban J connectivity index is 0.00000264. The lowest BCUT2D eigenvalue weighted by Crippen LogP contribution is -2.47. The van der Waals surface area contributed by atoms with Crippen molar-refractivity contribution in [2.24, 2.45) is 16.8 Å². The smallest absolute Gasteiger partial charge is 0.213 e. The molecule has 0 amide bonds. The van der Waals surface area contributed by atoms with Gasteiger partial charge in [-0.1, -0.05) is 13.3 Å². The molecule has 2 N–H and O–H groups in total. The maximum Gasteiger partial charge on any atom is 0.213 e. The molecule has 0 aromatic carbocycles. The molecule has 2 fully saturated rings. The molecular weight excluding hydrogens is 427 g/mol. The molecule has 0 aromatic heterocycles. The molecule has 1 saturated carbocycles. The van der Waals surface area contributed by atoms with Crippen molar-refractivity contribution < 1.29 is 8.42 Å². The van der Waals surface area contributed by atoms with Gasteiger partial charge in [-0.3, -0.25) is 4.99 Å². The van der Waals surface area contributed by atoms with Crippen molar-refractivity contribution >= 4 is 40.0 Å². The summed E-state index contributed by atoms with van der Waals surface area (Å²) in [5.41, 5.74) is 0. The Morgan fingerprint density at radius 3 is 2.39 bits per heavy atom. The van der Waals surface area contributed by atoms with E-state index in [9.17, 15) is 8.42 Å². The molecule has 1 heterocycles. The minimum Gasteiger partial charge on any atom is -0.355 e. The van der Waals surface area contributed by atoms with Crippen LogP contribution in [-0.4, -0.2) is 58.3 Å². The van der Waals surface area contributed by atoms with Crippen molar-refractivity contribution in [1.29, 1.82) is 0 Å². The Bertz CT molecular complexity index is 472. The number of hydrogen-bond acceptors (Lipinski definition) is 3. The molecule has 0 unspecified atom stereocenters. The number of guanidine groups is 1. The highest BCUT2D eigenvalue weighted by atomic mass is 127. The van der Waals surface area contributed by atoms with Crippen molar-refractivity contribution in [3.63, 3.8) is 0 Å². The number of hydrogen-bond donors (Lipinski definition) is 2. The zero-order valence-electron chi connectivity index (χ0n) is 14.3. The molecular formula is C15H31IN4O2S. The SMILES string of the molecule is CN=C(NCCS(=O)(=O)NCC1CCC1)N1CCC(C)CC1.I. The van der Waals surface area contributed by atoms with E-state index in [2.05, 4.69) is 26.9 Å². The van der Waals surface area contributed by atoms with E-state index in [1.807, 2.05) is 0 Å². The fourth-order valence-corrected chi connectivity index (χ4v) is 3.87. The summed E-state index contributed by atoms with van der Waals surface area (Å²) < 4.78 is 26.6. The largest absolute Gasteiger partial charge is 0.355 e. The highest BCUT2D eigenvalue weighted by Crippen LogP contribution is 2.25. The topological polar surface area (TPSA) is 73.8 Å². The molecule has 136 valence electrons. The summed E-state index contributed by atoms with van der Waals surface area (Å²) in [6, 6.07) is 0. The Hall–Kier alpha value is -0.0900. The van der Waals surface area contributed by atoms with Crippen LogP contribution in [0.1, 0.15) is 39.0 Å². The van der Waals surface area contributed by atoms with E-state index in [1.54, 1.807) is 7.05 Å². The van der Waals surface area contributed by atoms with Gasteiger partial charge in [0.05, 0.1) is 5.75 Å². The number of piperidine rings is 1. The molecule has 0 bridgehead atoms. The van der Waals surface area contributed by atoms with Crippen molar-refractivity contribution in [3.05, 3.63) is 0 Å². The minimum atomic E-state index is -3.18. The van der Waals surface area contributed by atoms with Crippen LogP contribution in [0.5, 0.6) is 0 Å². The van der Waals surface area contributed by atoms with Gasteiger partial charge in [-0.15, -0.1) is 24.0 Å². The average Bonchev–Trinajstić information content (AvgIpc) is 2.43. The lowest BCUT2D eigenvalue weighted by molar-refractivity contribution is 0.274. The Labute approximate surface area is 157 Å². The molecule has 6 nitrogen and oxygen atoms in total. The van der Waals surface area contributed by atoms with E-state index in [0.29, 0.717) is 19.0 Å². The van der Waals surface area contributed by atoms with Crippen LogP contribution < -0.4 is 10.0 Å². The molecule has 2 rings (SSSR count). The first-order valence-electron chi connectivity index (χ1n) is 8.43. The molecule has 1 saturated heterocycles. The lowest BCUT2D eigenvalue weighted by atomic mass is 9.86. The second-order valence-electron chi connectivity index (χ2n) is 6.61.